The highest BCUT2D eigenvalue weighted by Gasteiger charge is 2.16. The van der Waals surface area contributed by atoms with Crippen LogP contribution in [0.4, 0.5) is 5.82 Å². The van der Waals surface area contributed by atoms with Crippen molar-refractivity contribution in [1.29, 1.82) is 0 Å². The molecule has 1 fully saturated rings. The first-order valence-electron chi connectivity index (χ1n) is 8.57. The number of rotatable bonds is 5. The maximum Gasteiger partial charge on any atom is 0.270 e. The van der Waals surface area contributed by atoms with E-state index in [-0.39, 0.29) is 11.9 Å². The highest BCUT2D eigenvalue weighted by Crippen LogP contribution is 2.17. The van der Waals surface area contributed by atoms with Crippen molar-refractivity contribution in [1.82, 2.24) is 20.3 Å². The molecular formula is C18H23N5O. The van der Waals surface area contributed by atoms with Crippen molar-refractivity contribution >= 4 is 11.7 Å². The van der Waals surface area contributed by atoms with Crippen LogP contribution in [0.25, 0.3) is 0 Å². The topological polar surface area (TPSA) is 79.8 Å². The zero-order valence-electron chi connectivity index (χ0n) is 13.7. The van der Waals surface area contributed by atoms with Crippen molar-refractivity contribution in [3.8, 4) is 0 Å². The molecule has 6 heteroatoms. The predicted molar refractivity (Wildman–Crippen MR) is 92.6 cm³/mol. The molecule has 1 saturated carbocycles. The Morgan fingerprint density at radius 3 is 2.58 bits per heavy atom. The Morgan fingerprint density at radius 2 is 1.83 bits per heavy atom. The van der Waals surface area contributed by atoms with Crippen LogP contribution in [0.2, 0.25) is 0 Å². The van der Waals surface area contributed by atoms with E-state index in [1.54, 1.807) is 18.5 Å². The maximum absolute atomic E-state index is 12.4. The molecule has 0 atom stereocenters. The minimum atomic E-state index is -0.115. The summed E-state index contributed by atoms with van der Waals surface area (Å²) in [5.41, 5.74) is 1.51. The molecule has 2 heterocycles. The van der Waals surface area contributed by atoms with Crippen LogP contribution in [0.5, 0.6) is 0 Å². The van der Waals surface area contributed by atoms with Crippen LogP contribution in [0.1, 0.15) is 54.6 Å². The Morgan fingerprint density at radius 1 is 1.08 bits per heavy atom. The number of aromatic nitrogens is 3. The minimum Gasteiger partial charge on any atom is -0.366 e. The van der Waals surface area contributed by atoms with Crippen LogP contribution < -0.4 is 10.6 Å². The lowest BCUT2D eigenvalue weighted by Gasteiger charge is -2.16. The lowest BCUT2D eigenvalue weighted by atomic mass is 10.1. The number of nitrogens with one attached hydrogen (secondary N) is 2. The van der Waals surface area contributed by atoms with Gasteiger partial charge in [0.25, 0.3) is 5.91 Å². The lowest BCUT2D eigenvalue weighted by Crippen LogP contribution is -2.34. The van der Waals surface area contributed by atoms with Crippen molar-refractivity contribution in [3.05, 3.63) is 48.2 Å². The molecule has 2 aromatic heterocycles. The average Bonchev–Trinajstić information content (AvgIpc) is 2.90. The average molecular weight is 325 g/mol. The fourth-order valence-corrected chi connectivity index (χ4v) is 2.95. The smallest absolute Gasteiger partial charge is 0.270 e. The first kappa shape index (κ1) is 16.4. The summed E-state index contributed by atoms with van der Waals surface area (Å²) >= 11 is 0. The molecule has 6 nitrogen and oxygen atoms in total. The Labute approximate surface area is 142 Å². The third-order valence-electron chi connectivity index (χ3n) is 4.31. The van der Waals surface area contributed by atoms with E-state index < -0.39 is 0 Å². The number of carbonyl (C=O) groups is 1. The van der Waals surface area contributed by atoms with Crippen LogP contribution in [0.15, 0.2) is 36.9 Å². The van der Waals surface area contributed by atoms with E-state index >= 15 is 0 Å². The van der Waals surface area contributed by atoms with Crippen LogP contribution in [0, 0.1) is 0 Å². The van der Waals surface area contributed by atoms with E-state index in [2.05, 4.69) is 25.6 Å². The molecule has 0 bridgehead atoms. The molecule has 2 aromatic rings. The van der Waals surface area contributed by atoms with Gasteiger partial charge in [-0.1, -0.05) is 25.7 Å². The number of anilines is 1. The second-order valence-corrected chi connectivity index (χ2v) is 6.16. The van der Waals surface area contributed by atoms with Gasteiger partial charge < -0.3 is 10.6 Å². The third-order valence-corrected chi connectivity index (χ3v) is 4.31. The summed E-state index contributed by atoms with van der Waals surface area (Å²) in [5, 5.41) is 6.32. The van der Waals surface area contributed by atoms with E-state index in [1.807, 2.05) is 12.1 Å². The molecule has 0 saturated heterocycles. The predicted octanol–water partition coefficient (Wildman–Crippen LogP) is 2.94. The van der Waals surface area contributed by atoms with Crippen LogP contribution in [-0.4, -0.2) is 26.9 Å². The van der Waals surface area contributed by atoms with E-state index in [0.29, 0.717) is 18.1 Å². The summed E-state index contributed by atoms with van der Waals surface area (Å²) in [6, 6.07) is 5.85. The molecule has 0 unspecified atom stereocenters. The van der Waals surface area contributed by atoms with Gasteiger partial charge in [-0.15, -0.1) is 0 Å². The fraction of sp³-hybridized carbons (Fsp3) is 0.444. The van der Waals surface area contributed by atoms with Crippen molar-refractivity contribution in [2.45, 2.75) is 51.1 Å². The molecule has 2 N–H and O–H groups in total. The normalized spacial score (nSPS) is 15.5. The standard InChI is InChI=1S/C18H23N5O/c24-18(23-15-5-3-1-2-4-6-15)16-11-17(22-13-21-16)20-12-14-7-9-19-10-8-14/h7-11,13,15H,1-6,12H2,(H,23,24)(H,20,21,22). The molecule has 0 aliphatic heterocycles. The molecule has 1 aliphatic rings. The van der Waals surface area contributed by atoms with Gasteiger partial charge in [0.2, 0.25) is 0 Å². The van der Waals surface area contributed by atoms with Crippen LogP contribution in [0.3, 0.4) is 0 Å². The van der Waals surface area contributed by atoms with Crippen LogP contribution in [-0.2, 0) is 6.54 Å². The van der Waals surface area contributed by atoms with Gasteiger partial charge in [-0.3, -0.25) is 9.78 Å². The summed E-state index contributed by atoms with van der Waals surface area (Å²) in [7, 11) is 0. The first-order chi connectivity index (χ1) is 11.8. The summed E-state index contributed by atoms with van der Waals surface area (Å²) in [5.74, 6) is 0.532. The van der Waals surface area contributed by atoms with Gasteiger partial charge in [-0.2, -0.15) is 0 Å². The summed E-state index contributed by atoms with van der Waals surface area (Å²) < 4.78 is 0. The van der Waals surface area contributed by atoms with Crippen molar-refractivity contribution in [3.63, 3.8) is 0 Å². The summed E-state index contributed by atoms with van der Waals surface area (Å²) in [6.07, 6.45) is 12.0. The van der Waals surface area contributed by atoms with E-state index in [4.69, 9.17) is 0 Å². The van der Waals surface area contributed by atoms with Crippen LogP contribution >= 0.6 is 0 Å². The Hall–Kier alpha value is -2.50. The largest absolute Gasteiger partial charge is 0.366 e. The van der Waals surface area contributed by atoms with Crippen molar-refractivity contribution in [2.75, 3.05) is 5.32 Å². The quantitative estimate of drug-likeness (QED) is 0.826. The molecule has 0 spiro atoms. The van der Waals surface area contributed by atoms with Gasteiger partial charge in [0.1, 0.15) is 17.8 Å². The third kappa shape index (κ3) is 4.75. The second kappa shape index (κ2) is 8.38. The molecule has 126 valence electrons. The minimum absolute atomic E-state index is 0.115. The summed E-state index contributed by atoms with van der Waals surface area (Å²) in [4.78, 5) is 24.7. The van der Waals surface area contributed by atoms with E-state index in [1.165, 1.54) is 32.0 Å². The number of hydrogen-bond acceptors (Lipinski definition) is 5. The van der Waals surface area contributed by atoms with Crippen molar-refractivity contribution < 1.29 is 4.79 Å². The number of carbonyl (C=O) groups excluding carboxylic acids is 1. The molecule has 24 heavy (non-hydrogen) atoms. The van der Waals surface area contributed by atoms with E-state index in [0.717, 1.165) is 18.4 Å². The highest BCUT2D eigenvalue weighted by molar-refractivity contribution is 5.93. The van der Waals surface area contributed by atoms with Gasteiger partial charge in [0, 0.05) is 31.0 Å². The molecule has 1 aliphatic carbocycles. The van der Waals surface area contributed by atoms with Gasteiger partial charge in [0.15, 0.2) is 0 Å². The number of nitrogens with zero attached hydrogens (tertiary/aromatic N) is 3. The molecule has 3 rings (SSSR count). The van der Waals surface area contributed by atoms with Gasteiger partial charge in [-0.25, -0.2) is 9.97 Å². The van der Waals surface area contributed by atoms with E-state index in [9.17, 15) is 4.79 Å². The molecular weight excluding hydrogens is 302 g/mol. The fourth-order valence-electron chi connectivity index (χ4n) is 2.95. The molecule has 1 amide bonds. The molecule has 0 aromatic carbocycles. The second-order valence-electron chi connectivity index (χ2n) is 6.16. The zero-order valence-corrected chi connectivity index (χ0v) is 13.7. The Kier molecular flexibility index (Phi) is 5.71. The van der Waals surface area contributed by atoms with Gasteiger partial charge >= 0.3 is 0 Å². The van der Waals surface area contributed by atoms with Gasteiger partial charge in [0.05, 0.1) is 0 Å². The number of amides is 1. The maximum atomic E-state index is 12.4. The Balaban J connectivity index is 1.58. The lowest BCUT2D eigenvalue weighted by molar-refractivity contribution is 0.0928. The highest BCUT2D eigenvalue weighted by atomic mass is 16.1. The first-order valence-corrected chi connectivity index (χ1v) is 8.57. The van der Waals surface area contributed by atoms with Crippen molar-refractivity contribution in [2.24, 2.45) is 0 Å². The SMILES string of the molecule is O=C(NC1CCCCCC1)c1cc(NCc2ccncc2)ncn1. The Bertz CT molecular complexity index is 653. The number of pyridine rings is 1. The zero-order chi connectivity index (χ0) is 16.6. The number of hydrogen-bond donors (Lipinski definition) is 2. The van der Waals surface area contributed by atoms with Gasteiger partial charge in [-0.05, 0) is 30.5 Å². The monoisotopic (exact) mass is 325 g/mol. The summed E-state index contributed by atoms with van der Waals surface area (Å²) in [6.45, 7) is 0.628. The molecule has 0 radical (unpaired) electrons.